The number of aliphatic hydroxyl groups excluding tert-OH is 1. The van der Waals surface area contributed by atoms with E-state index in [4.69, 9.17) is 18.7 Å². The number of hydrogen-bond acceptors (Lipinski definition) is 7. The van der Waals surface area contributed by atoms with E-state index in [2.05, 4.69) is 21.7 Å². The summed E-state index contributed by atoms with van der Waals surface area (Å²) >= 11 is 1.52. The number of thioether (sulfide) groups is 1. The third-order valence-corrected chi connectivity index (χ3v) is 7.11. The number of aliphatic hydroxyl groups is 1. The molecule has 7 atom stereocenters. The van der Waals surface area contributed by atoms with Gasteiger partial charge in [0.05, 0.1) is 24.4 Å². The fourth-order valence-corrected chi connectivity index (χ4v) is 5.90. The van der Waals surface area contributed by atoms with Crippen molar-refractivity contribution in [1.82, 2.24) is 5.32 Å². The number of alkyl carbamates (subject to hydrolysis) is 1. The first kappa shape index (κ1) is 25.9. The fraction of sp³-hybridized carbons (Fsp3) is 0.857. The van der Waals surface area contributed by atoms with Crippen LogP contribution in [0.5, 0.6) is 0 Å². The van der Waals surface area contributed by atoms with E-state index in [0.29, 0.717) is 26.1 Å². The van der Waals surface area contributed by atoms with Crippen LogP contribution in [0.4, 0.5) is 4.79 Å². The smallest absolute Gasteiger partial charge is 0.407 e. The zero-order valence-corrected chi connectivity index (χ0v) is 20.9. The summed E-state index contributed by atoms with van der Waals surface area (Å²) in [6, 6.07) is 0. The van der Waals surface area contributed by atoms with Gasteiger partial charge in [-0.05, 0) is 40.5 Å². The maximum absolute atomic E-state index is 12.5. The summed E-state index contributed by atoms with van der Waals surface area (Å²) in [6.45, 7) is 10.9. The minimum Gasteiger partial charge on any atom is -0.443 e. The molecule has 2 rings (SSSR count). The predicted octanol–water partition coefficient (Wildman–Crippen LogP) is 3.66. The van der Waals surface area contributed by atoms with E-state index in [1.807, 2.05) is 33.8 Å². The quantitative estimate of drug-likeness (QED) is 0.221. The molecule has 0 radical (unpaired) electrons. The van der Waals surface area contributed by atoms with E-state index >= 15 is 0 Å². The minimum atomic E-state index is -0.547. The molecule has 0 aromatic carbocycles. The van der Waals surface area contributed by atoms with E-state index in [9.17, 15) is 9.90 Å². The van der Waals surface area contributed by atoms with E-state index < -0.39 is 17.1 Å². The van der Waals surface area contributed by atoms with Crippen LogP contribution >= 0.6 is 21.2 Å². The molecule has 1 aliphatic carbocycles. The van der Waals surface area contributed by atoms with Gasteiger partial charge in [0.25, 0.3) is 0 Å². The highest BCUT2D eigenvalue weighted by Gasteiger charge is 2.61. The third kappa shape index (κ3) is 7.07. The summed E-state index contributed by atoms with van der Waals surface area (Å²) in [7, 11) is 3.84. The molecule has 1 aliphatic heterocycles. The lowest BCUT2D eigenvalue weighted by Crippen LogP contribution is -2.55. The summed E-state index contributed by atoms with van der Waals surface area (Å²) < 4.78 is 22.6. The Morgan fingerprint density at radius 1 is 1.47 bits per heavy atom. The van der Waals surface area contributed by atoms with Crippen molar-refractivity contribution in [3.8, 4) is 0 Å². The van der Waals surface area contributed by atoms with Crippen molar-refractivity contribution in [2.24, 2.45) is 5.92 Å². The molecule has 1 spiro atoms. The van der Waals surface area contributed by atoms with Crippen LogP contribution in [0.2, 0.25) is 0 Å². The Hall–Kier alpha value is -0.370. The van der Waals surface area contributed by atoms with Gasteiger partial charge in [-0.2, -0.15) is 0 Å². The van der Waals surface area contributed by atoms with E-state index in [1.54, 1.807) is 7.11 Å². The van der Waals surface area contributed by atoms with Gasteiger partial charge in [0.1, 0.15) is 17.6 Å². The lowest BCUT2D eigenvalue weighted by molar-refractivity contribution is -0.0992. The number of carbonyl (C=O) groups is 1. The first-order chi connectivity index (χ1) is 14.0. The number of nitrogens with one attached hydrogen (secondary N) is 1. The molecule has 9 heteroatoms. The lowest BCUT2D eigenvalue weighted by Gasteiger charge is -2.43. The monoisotopic (exact) mass is 463 g/mol. The zero-order valence-electron chi connectivity index (χ0n) is 19.0. The molecule has 30 heavy (non-hydrogen) atoms. The molecule has 7 nitrogen and oxygen atoms in total. The topological polar surface area (TPSA) is 89.6 Å². The van der Waals surface area contributed by atoms with Crippen LogP contribution in [0, 0.1) is 5.92 Å². The van der Waals surface area contributed by atoms with E-state index in [-0.39, 0.29) is 29.0 Å². The van der Waals surface area contributed by atoms with Crippen LogP contribution in [0.15, 0.2) is 11.6 Å². The van der Waals surface area contributed by atoms with Gasteiger partial charge in [0.2, 0.25) is 0 Å². The van der Waals surface area contributed by atoms with Crippen molar-refractivity contribution in [2.75, 3.05) is 20.3 Å². The Morgan fingerprint density at radius 2 is 2.13 bits per heavy atom. The summed E-state index contributed by atoms with van der Waals surface area (Å²) in [5.74, 6) is 0.0174. The van der Waals surface area contributed by atoms with Crippen molar-refractivity contribution in [2.45, 2.75) is 87.9 Å². The van der Waals surface area contributed by atoms with Crippen molar-refractivity contribution >= 4 is 27.3 Å². The van der Waals surface area contributed by atoms with Crippen LogP contribution in [0.25, 0.3) is 0 Å². The van der Waals surface area contributed by atoms with Crippen LogP contribution in [-0.4, -0.2) is 65.6 Å². The second-order valence-corrected chi connectivity index (χ2v) is 11.1. The van der Waals surface area contributed by atoms with E-state index in [1.165, 1.54) is 17.3 Å². The molecule has 2 fully saturated rings. The summed E-state index contributed by atoms with van der Waals surface area (Å²) in [5.41, 5.74) is -0.104. The molecule has 0 aromatic rings. The van der Waals surface area contributed by atoms with Gasteiger partial charge in [-0.3, -0.25) is 0 Å². The number of hydrogen-bond donors (Lipinski definition) is 2. The van der Waals surface area contributed by atoms with Gasteiger partial charge in [-0.15, -0.1) is 11.8 Å². The first-order valence-corrected chi connectivity index (χ1v) is 11.9. The summed E-state index contributed by atoms with van der Waals surface area (Å²) in [6.07, 6.45) is 2.98. The van der Waals surface area contributed by atoms with Crippen LogP contribution in [-0.2, 0) is 18.7 Å². The molecule has 174 valence electrons. The SMILES string of the molecule is COC1C(OC(=O)NC(C)(C)COP)CC[C@]2(CO2)C1C(C)S[C@H](O)CC=C(C)C. The summed E-state index contributed by atoms with van der Waals surface area (Å²) in [5, 5.41) is 13.4. The lowest BCUT2D eigenvalue weighted by atomic mass is 9.74. The molecule has 1 saturated carbocycles. The number of carbonyl (C=O) groups excluding carboxylic acids is 1. The van der Waals surface area contributed by atoms with Crippen LogP contribution in [0.3, 0.4) is 0 Å². The largest absolute Gasteiger partial charge is 0.443 e. The Balaban J connectivity index is 2.05. The van der Waals surface area contributed by atoms with Crippen molar-refractivity contribution < 1.29 is 28.6 Å². The van der Waals surface area contributed by atoms with Gasteiger partial charge in [-0.25, -0.2) is 4.79 Å². The second kappa shape index (κ2) is 11.0. The standard InChI is InChI=1S/C21H38NO6PS/c1-13(2)7-8-16(23)30-14(3)17-18(25-6)15(9-10-21(17)12-26-21)28-19(24)22-20(4,5)11-27-29/h7,14-18,23H,8-12,29H2,1-6H3,(H,22,24)/t14?,15?,16-,17?,18?,21-/m0/s1. The van der Waals surface area contributed by atoms with Crippen LogP contribution < -0.4 is 5.32 Å². The maximum atomic E-state index is 12.5. The molecule has 2 N–H and O–H groups in total. The number of allylic oxidation sites excluding steroid dienone is 1. The molecule has 1 heterocycles. The van der Waals surface area contributed by atoms with Crippen molar-refractivity contribution in [3.63, 3.8) is 0 Å². The maximum Gasteiger partial charge on any atom is 0.407 e. The average Bonchev–Trinajstić information content (AvgIpc) is 3.40. The average molecular weight is 464 g/mol. The minimum absolute atomic E-state index is 0.0174. The highest BCUT2D eigenvalue weighted by Crippen LogP contribution is 2.51. The molecule has 5 unspecified atom stereocenters. The fourth-order valence-electron chi connectivity index (χ4n) is 4.21. The Labute approximate surface area is 187 Å². The first-order valence-electron chi connectivity index (χ1n) is 10.5. The number of amides is 1. The molecule has 0 bridgehead atoms. The van der Waals surface area contributed by atoms with Gasteiger partial charge < -0.3 is 29.2 Å². The third-order valence-electron chi connectivity index (χ3n) is 5.72. The molecule has 1 amide bonds. The molecule has 1 saturated heterocycles. The van der Waals surface area contributed by atoms with Crippen molar-refractivity contribution in [1.29, 1.82) is 0 Å². The number of methoxy groups -OCH3 is 1. The van der Waals surface area contributed by atoms with Gasteiger partial charge in [-0.1, -0.05) is 18.6 Å². The number of epoxide rings is 1. The Kier molecular flexibility index (Phi) is 9.47. The molecular formula is C21H38NO6PS. The Bertz CT molecular complexity index is 608. The molecule has 0 aromatic heterocycles. The normalized spacial score (nSPS) is 30.5. The Morgan fingerprint density at radius 3 is 2.67 bits per heavy atom. The van der Waals surface area contributed by atoms with Gasteiger partial charge in [0, 0.05) is 34.2 Å². The van der Waals surface area contributed by atoms with Crippen LogP contribution in [0.1, 0.15) is 53.9 Å². The highest BCUT2D eigenvalue weighted by atomic mass is 32.2. The zero-order chi connectivity index (χ0) is 22.5. The molecule has 2 aliphatic rings. The highest BCUT2D eigenvalue weighted by molar-refractivity contribution is 8.00. The summed E-state index contributed by atoms with van der Waals surface area (Å²) in [4.78, 5) is 12.5. The van der Waals surface area contributed by atoms with Gasteiger partial charge in [0.15, 0.2) is 0 Å². The van der Waals surface area contributed by atoms with Crippen molar-refractivity contribution in [3.05, 3.63) is 11.6 Å². The molecular weight excluding hydrogens is 425 g/mol. The van der Waals surface area contributed by atoms with Gasteiger partial charge >= 0.3 is 6.09 Å². The second-order valence-electron chi connectivity index (χ2n) is 9.19. The number of rotatable bonds is 10. The predicted molar refractivity (Wildman–Crippen MR) is 122 cm³/mol. The van der Waals surface area contributed by atoms with E-state index in [0.717, 1.165) is 6.42 Å². The number of ether oxygens (including phenoxy) is 3.